The molecule has 1 heterocycles. The molecule has 17 heavy (non-hydrogen) atoms. The van der Waals surface area contributed by atoms with Crippen LogP contribution in [0.1, 0.15) is 23.7 Å². The Morgan fingerprint density at radius 1 is 1.53 bits per heavy atom. The van der Waals surface area contributed by atoms with Crippen LogP contribution in [0.4, 0.5) is 0 Å². The summed E-state index contributed by atoms with van der Waals surface area (Å²) in [4.78, 5) is 24.8. The van der Waals surface area contributed by atoms with Gasteiger partial charge in [-0.25, -0.2) is 0 Å². The summed E-state index contributed by atoms with van der Waals surface area (Å²) in [5, 5.41) is 4.55. The fourth-order valence-corrected chi connectivity index (χ4v) is 2.57. The van der Waals surface area contributed by atoms with Crippen LogP contribution in [0, 0.1) is 2.88 Å². The summed E-state index contributed by atoms with van der Waals surface area (Å²) in [6.07, 6.45) is 0.895. The third-order valence-corrected chi connectivity index (χ3v) is 3.90. The summed E-state index contributed by atoms with van der Waals surface area (Å²) in [5.74, 6) is -0.233. The fraction of sp³-hybridized carbons (Fsp3) is 0.455. The quantitative estimate of drug-likeness (QED) is 0.810. The van der Waals surface area contributed by atoms with E-state index >= 15 is 0 Å². The number of carbonyl (C=O) groups is 2. The average Bonchev–Trinajstić information content (AvgIpc) is 2.72. The molecule has 4 nitrogen and oxygen atoms in total. The first-order valence-corrected chi connectivity index (χ1v) is 7.26. The third kappa shape index (κ3) is 4.63. The van der Waals surface area contributed by atoms with Gasteiger partial charge in [0.05, 0.1) is 15.0 Å². The standard InChI is InChI=1S/C11H15IN2O2S/c1-3-4-13-10(15)6-14(2)11(16)8-5-9(12)17-7-8/h5,7H,3-4,6H2,1-2H3,(H,13,15). The molecule has 1 aromatic heterocycles. The largest absolute Gasteiger partial charge is 0.355 e. The van der Waals surface area contributed by atoms with E-state index in [2.05, 4.69) is 27.9 Å². The molecule has 0 saturated heterocycles. The molecular formula is C11H15IN2O2S. The first-order chi connectivity index (χ1) is 8.04. The van der Waals surface area contributed by atoms with Crippen LogP contribution in [0.15, 0.2) is 11.4 Å². The van der Waals surface area contributed by atoms with Gasteiger partial charge in [-0.05, 0) is 35.1 Å². The number of rotatable bonds is 5. The van der Waals surface area contributed by atoms with Crippen molar-refractivity contribution in [1.29, 1.82) is 0 Å². The first-order valence-electron chi connectivity index (χ1n) is 5.30. The Morgan fingerprint density at radius 2 is 2.24 bits per heavy atom. The Bertz CT molecular complexity index is 406. The molecule has 6 heteroatoms. The van der Waals surface area contributed by atoms with Gasteiger partial charge in [0.15, 0.2) is 0 Å². The molecule has 0 unspecified atom stereocenters. The van der Waals surface area contributed by atoms with Crippen molar-refractivity contribution in [2.45, 2.75) is 13.3 Å². The van der Waals surface area contributed by atoms with Crippen LogP contribution in [-0.2, 0) is 4.79 Å². The molecule has 0 spiro atoms. The van der Waals surface area contributed by atoms with E-state index in [4.69, 9.17) is 0 Å². The summed E-state index contributed by atoms with van der Waals surface area (Å²) in [5.41, 5.74) is 0.644. The molecule has 0 aliphatic rings. The lowest BCUT2D eigenvalue weighted by Crippen LogP contribution is -2.38. The van der Waals surface area contributed by atoms with E-state index in [-0.39, 0.29) is 18.4 Å². The molecule has 0 aliphatic carbocycles. The highest BCUT2D eigenvalue weighted by molar-refractivity contribution is 14.1. The van der Waals surface area contributed by atoms with E-state index in [0.717, 1.165) is 9.30 Å². The second-order valence-corrected chi connectivity index (χ2v) is 6.46. The number of nitrogens with one attached hydrogen (secondary N) is 1. The minimum absolute atomic E-state index is 0.102. The minimum atomic E-state index is -0.118. The highest BCUT2D eigenvalue weighted by atomic mass is 127. The van der Waals surface area contributed by atoms with Crippen molar-refractivity contribution in [3.05, 3.63) is 19.9 Å². The summed E-state index contributed by atoms with van der Waals surface area (Å²) < 4.78 is 1.06. The van der Waals surface area contributed by atoms with Gasteiger partial charge in [0, 0.05) is 19.0 Å². The molecule has 94 valence electrons. The zero-order chi connectivity index (χ0) is 12.8. The van der Waals surface area contributed by atoms with Crippen LogP contribution in [0.5, 0.6) is 0 Å². The number of likely N-dealkylation sites (N-methyl/N-ethyl adjacent to an activating group) is 1. The minimum Gasteiger partial charge on any atom is -0.355 e. The normalized spacial score (nSPS) is 10.1. The lowest BCUT2D eigenvalue weighted by atomic mass is 10.3. The molecule has 0 saturated carbocycles. The van der Waals surface area contributed by atoms with E-state index in [1.165, 1.54) is 16.2 Å². The van der Waals surface area contributed by atoms with Crippen molar-refractivity contribution < 1.29 is 9.59 Å². The second kappa shape index (κ2) is 6.95. The lowest BCUT2D eigenvalue weighted by molar-refractivity contribution is -0.121. The number of nitrogens with zero attached hydrogens (tertiary/aromatic N) is 1. The molecule has 1 N–H and O–H groups in total. The Balaban J connectivity index is 2.50. The number of amides is 2. The van der Waals surface area contributed by atoms with E-state index in [0.29, 0.717) is 12.1 Å². The van der Waals surface area contributed by atoms with Gasteiger partial charge in [-0.1, -0.05) is 6.92 Å². The van der Waals surface area contributed by atoms with Crippen molar-refractivity contribution in [2.24, 2.45) is 0 Å². The molecule has 0 atom stereocenters. The van der Waals surface area contributed by atoms with Gasteiger partial charge in [-0.3, -0.25) is 9.59 Å². The number of thiophene rings is 1. The van der Waals surface area contributed by atoms with E-state index in [1.807, 2.05) is 18.4 Å². The van der Waals surface area contributed by atoms with Crippen molar-refractivity contribution in [3.63, 3.8) is 0 Å². The van der Waals surface area contributed by atoms with Crippen LogP contribution >= 0.6 is 33.9 Å². The van der Waals surface area contributed by atoms with Gasteiger partial charge in [-0.15, -0.1) is 11.3 Å². The smallest absolute Gasteiger partial charge is 0.254 e. The molecule has 0 aromatic carbocycles. The second-order valence-electron chi connectivity index (χ2n) is 3.65. The van der Waals surface area contributed by atoms with Crippen LogP contribution in [-0.4, -0.2) is 36.9 Å². The monoisotopic (exact) mass is 366 g/mol. The van der Waals surface area contributed by atoms with Gasteiger partial charge in [-0.2, -0.15) is 0 Å². The maximum absolute atomic E-state index is 11.9. The van der Waals surface area contributed by atoms with Crippen molar-refractivity contribution >= 4 is 45.7 Å². The first kappa shape index (κ1) is 14.4. The predicted octanol–water partition coefficient (Wildman–Crippen LogP) is 1.95. The van der Waals surface area contributed by atoms with Gasteiger partial charge >= 0.3 is 0 Å². The van der Waals surface area contributed by atoms with Crippen molar-refractivity contribution in [3.8, 4) is 0 Å². The van der Waals surface area contributed by atoms with Crippen LogP contribution in [0.2, 0.25) is 0 Å². The highest BCUT2D eigenvalue weighted by Crippen LogP contribution is 2.17. The number of hydrogen-bond donors (Lipinski definition) is 1. The van der Waals surface area contributed by atoms with Gasteiger partial charge in [0.25, 0.3) is 5.91 Å². The van der Waals surface area contributed by atoms with Crippen molar-refractivity contribution in [1.82, 2.24) is 10.2 Å². The molecule has 0 aliphatic heterocycles. The van der Waals surface area contributed by atoms with E-state index in [1.54, 1.807) is 7.05 Å². The molecule has 0 bridgehead atoms. The summed E-state index contributed by atoms with van der Waals surface area (Å²) >= 11 is 3.69. The van der Waals surface area contributed by atoms with Gasteiger partial charge in [0.1, 0.15) is 0 Å². The number of carbonyl (C=O) groups excluding carboxylic acids is 2. The molecule has 1 aromatic rings. The van der Waals surface area contributed by atoms with E-state index in [9.17, 15) is 9.59 Å². The highest BCUT2D eigenvalue weighted by Gasteiger charge is 2.15. The predicted molar refractivity (Wildman–Crippen MR) is 77.3 cm³/mol. The van der Waals surface area contributed by atoms with Crippen LogP contribution < -0.4 is 5.32 Å². The van der Waals surface area contributed by atoms with Crippen LogP contribution in [0.3, 0.4) is 0 Å². The molecule has 1 rings (SSSR count). The zero-order valence-electron chi connectivity index (χ0n) is 9.83. The van der Waals surface area contributed by atoms with Crippen LogP contribution in [0.25, 0.3) is 0 Å². The maximum atomic E-state index is 11.9. The molecule has 2 amide bonds. The summed E-state index contributed by atoms with van der Waals surface area (Å²) in [6.45, 7) is 2.74. The number of hydrogen-bond acceptors (Lipinski definition) is 3. The van der Waals surface area contributed by atoms with E-state index < -0.39 is 0 Å². The Hall–Kier alpha value is -0.630. The topological polar surface area (TPSA) is 49.4 Å². The third-order valence-electron chi connectivity index (χ3n) is 2.11. The Morgan fingerprint density at radius 3 is 2.76 bits per heavy atom. The average molecular weight is 366 g/mol. The molecule has 0 radical (unpaired) electrons. The summed E-state index contributed by atoms with van der Waals surface area (Å²) in [6, 6.07) is 1.83. The Kier molecular flexibility index (Phi) is 5.90. The van der Waals surface area contributed by atoms with Gasteiger partial charge in [0.2, 0.25) is 5.91 Å². The SMILES string of the molecule is CCCNC(=O)CN(C)C(=O)c1csc(I)c1. The Labute approximate surface area is 119 Å². The lowest BCUT2D eigenvalue weighted by Gasteiger charge is -2.15. The van der Waals surface area contributed by atoms with Gasteiger partial charge < -0.3 is 10.2 Å². The number of halogens is 1. The summed E-state index contributed by atoms with van der Waals surface area (Å²) in [7, 11) is 1.64. The van der Waals surface area contributed by atoms with Crippen molar-refractivity contribution in [2.75, 3.05) is 20.1 Å². The molecular weight excluding hydrogens is 351 g/mol. The maximum Gasteiger partial charge on any atom is 0.254 e. The molecule has 0 fully saturated rings. The zero-order valence-corrected chi connectivity index (χ0v) is 12.8. The fourth-order valence-electron chi connectivity index (χ4n) is 1.25.